The molecule has 0 saturated heterocycles. The lowest BCUT2D eigenvalue weighted by Gasteiger charge is -2.08. The summed E-state index contributed by atoms with van der Waals surface area (Å²) in [5.74, 6) is 2.01. The Morgan fingerprint density at radius 3 is 2.73 bits per heavy atom. The number of carbonyl (C=O) groups is 1. The van der Waals surface area contributed by atoms with Gasteiger partial charge in [-0.2, -0.15) is 5.10 Å². The number of para-hydroxylation sites is 3. The number of methoxy groups -OCH3 is 1. The summed E-state index contributed by atoms with van der Waals surface area (Å²) in [6.45, 7) is 0. The van der Waals surface area contributed by atoms with Crippen molar-refractivity contribution in [3.63, 3.8) is 0 Å². The molecule has 0 spiro atoms. The van der Waals surface area contributed by atoms with Crippen molar-refractivity contribution in [2.24, 2.45) is 0 Å². The minimum Gasteiger partial charge on any atom is -0.495 e. The van der Waals surface area contributed by atoms with Gasteiger partial charge in [0.15, 0.2) is 4.34 Å². The van der Waals surface area contributed by atoms with Crippen LogP contribution >= 0.6 is 23.1 Å². The van der Waals surface area contributed by atoms with E-state index < -0.39 is 0 Å². The Kier molecular flexibility index (Phi) is 6.27. The van der Waals surface area contributed by atoms with Crippen LogP contribution in [-0.2, 0) is 4.79 Å². The van der Waals surface area contributed by atoms with Crippen LogP contribution in [0.15, 0.2) is 65.0 Å². The first-order valence-corrected chi connectivity index (χ1v) is 12.3. The van der Waals surface area contributed by atoms with Crippen LogP contribution in [0.1, 0.15) is 24.5 Å². The molecular formula is C23H22N6O2S2. The third kappa shape index (κ3) is 5.18. The predicted molar refractivity (Wildman–Crippen MR) is 131 cm³/mol. The number of benzene rings is 2. The standard InChI is InChI=1S/C23H22N6O2S2/c1-31-19-10-6-5-9-17(19)24-22-26-27-23(33-22)32-14-21(30)25-20-13-18(15-11-12-15)28-29(20)16-7-3-2-4-8-16/h2-10,13,15H,11-12,14H2,1H3,(H,24,26)(H,25,30). The maximum absolute atomic E-state index is 12.7. The second kappa shape index (κ2) is 9.63. The van der Waals surface area contributed by atoms with Crippen LogP contribution in [0.4, 0.5) is 16.6 Å². The Hall–Kier alpha value is -3.37. The number of amides is 1. The maximum Gasteiger partial charge on any atom is 0.235 e. The number of hydrogen-bond acceptors (Lipinski definition) is 8. The Morgan fingerprint density at radius 1 is 1.15 bits per heavy atom. The van der Waals surface area contributed by atoms with Crippen molar-refractivity contribution < 1.29 is 9.53 Å². The van der Waals surface area contributed by atoms with Gasteiger partial charge < -0.3 is 15.4 Å². The number of hydrogen-bond donors (Lipinski definition) is 2. The molecule has 1 fully saturated rings. The summed E-state index contributed by atoms with van der Waals surface area (Å²) < 4.78 is 7.86. The van der Waals surface area contributed by atoms with Crippen molar-refractivity contribution in [1.82, 2.24) is 20.0 Å². The van der Waals surface area contributed by atoms with Gasteiger partial charge in [0, 0.05) is 12.0 Å². The van der Waals surface area contributed by atoms with Crippen molar-refractivity contribution in [3.8, 4) is 11.4 Å². The number of thioether (sulfide) groups is 1. The number of carbonyl (C=O) groups excluding carboxylic acids is 1. The molecule has 1 aliphatic rings. The predicted octanol–water partition coefficient (Wildman–Crippen LogP) is 5.08. The zero-order valence-electron chi connectivity index (χ0n) is 17.9. The van der Waals surface area contributed by atoms with Crippen molar-refractivity contribution in [2.75, 3.05) is 23.5 Å². The summed E-state index contributed by atoms with van der Waals surface area (Å²) >= 11 is 2.74. The van der Waals surface area contributed by atoms with Gasteiger partial charge in [-0.1, -0.05) is 53.4 Å². The first-order valence-electron chi connectivity index (χ1n) is 10.5. The van der Waals surface area contributed by atoms with E-state index in [2.05, 4.69) is 20.8 Å². The van der Waals surface area contributed by atoms with E-state index in [1.165, 1.54) is 23.1 Å². The summed E-state index contributed by atoms with van der Waals surface area (Å²) in [4.78, 5) is 12.7. The van der Waals surface area contributed by atoms with Gasteiger partial charge >= 0.3 is 0 Å². The topological polar surface area (TPSA) is 94.0 Å². The van der Waals surface area contributed by atoms with Crippen molar-refractivity contribution in [1.29, 1.82) is 0 Å². The molecule has 0 unspecified atom stereocenters. The SMILES string of the molecule is COc1ccccc1Nc1nnc(SCC(=O)Nc2cc(C3CC3)nn2-c2ccccc2)s1. The van der Waals surface area contributed by atoms with E-state index in [-0.39, 0.29) is 11.7 Å². The highest BCUT2D eigenvalue weighted by Gasteiger charge is 2.28. The third-order valence-electron chi connectivity index (χ3n) is 5.07. The Labute approximate surface area is 199 Å². The highest BCUT2D eigenvalue weighted by molar-refractivity contribution is 8.01. The lowest BCUT2D eigenvalue weighted by Crippen LogP contribution is -2.16. The summed E-state index contributed by atoms with van der Waals surface area (Å²) in [6, 6.07) is 19.4. The molecule has 168 valence electrons. The van der Waals surface area contributed by atoms with Crippen LogP contribution in [0.3, 0.4) is 0 Å². The molecule has 1 saturated carbocycles. The van der Waals surface area contributed by atoms with Crippen LogP contribution in [0, 0.1) is 0 Å². The molecule has 10 heteroatoms. The molecule has 0 bridgehead atoms. The molecule has 2 aromatic carbocycles. The van der Waals surface area contributed by atoms with Gasteiger partial charge in [0.1, 0.15) is 11.6 Å². The number of rotatable bonds is 9. The average Bonchev–Trinajstić information content (AvgIpc) is 3.46. The normalized spacial score (nSPS) is 13.0. The van der Waals surface area contributed by atoms with Crippen LogP contribution in [0.5, 0.6) is 5.75 Å². The average molecular weight is 479 g/mol. The highest BCUT2D eigenvalue weighted by atomic mass is 32.2. The fourth-order valence-electron chi connectivity index (χ4n) is 3.32. The van der Waals surface area contributed by atoms with Crippen LogP contribution in [0.25, 0.3) is 5.69 Å². The summed E-state index contributed by atoms with van der Waals surface area (Å²) in [7, 11) is 1.62. The van der Waals surface area contributed by atoms with Crippen LogP contribution < -0.4 is 15.4 Å². The number of aromatic nitrogens is 4. The zero-order valence-corrected chi connectivity index (χ0v) is 19.5. The van der Waals surface area contributed by atoms with Gasteiger partial charge in [-0.05, 0) is 37.1 Å². The number of ether oxygens (including phenoxy) is 1. The molecular weight excluding hydrogens is 456 g/mol. The lowest BCUT2D eigenvalue weighted by molar-refractivity contribution is -0.113. The second-order valence-corrected chi connectivity index (χ2v) is 9.71. The maximum atomic E-state index is 12.7. The number of nitrogens with zero attached hydrogens (tertiary/aromatic N) is 4. The van der Waals surface area contributed by atoms with E-state index in [9.17, 15) is 4.79 Å². The highest BCUT2D eigenvalue weighted by Crippen LogP contribution is 2.40. The van der Waals surface area contributed by atoms with E-state index in [1.807, 2.05) is 60.7 Å². The quantitative estimate of drug-likeness (QED) is 0.324. The monoisotopic (exact) mass is 478 g/mol. The molecule has 4 aromatic rings. The molecule has 8 nitrogen and oxygen atoms in total. The van der Waals surface area contributed by atoms with Gasteiger partial charge in [-0.15, -0.1) is 10.2 Å². The molecule has 0 aliphatic heterocycles. The third-order valence-corrected chi connectivity index (χ3v) is 7.05. The lowest BCUT2D eigenvalue weighted by atomic mass is 10.3. The minimum atomic E-state index is -0.117. The van der Waals surface area contributed by atoms with E-state index >= 15 is 0 Å². The minimum absolute atomic E-state index is 0.117. The summed E-state index contributed by atoms with van der Waals surface area (Å²) in [5, 5.41) is 19.9. The molecule has 0 radical (unpaired) electrons. The fourth-order valence-corrected chi connectivity index (χ4v) is 4.89. The molecule has 2 N–H and O–H groups in total. The Balaban J connectivity index is 1.22. The van der Waals surface area contributed by atoms with Crippen LogP contribution in [-0.4, -0.2) is 38.7 Å². The Bertz CT molecular complexity index is 1250. The molecule has 2 heterocycles. The zero-order chi connectivity index (χ0) is 22.6. The largest absolute Gasteiger partial charge is 0.495 e. The first-order chi connectivity index (χ1) is 16.2. The van der Waals surface area contributed by atoms with Crippen LogP contribution in [0.2, 0.25) is 0 Å². The molecule has 33 heavy (non-hydrogen) atoms. The smallest absolute Gasteiger partial charge is 0.235 e. The number of anilines is 3. The van der Waals surface area contributed by atoms with Crippen molar-refractivity contribution >= 4 is 45.6 Å². The molecule has 2 aromatic heterocycles. The van der Waals surface area contributed by atoms with E-state index in [1.54, 1.807) is 11.8 Å². The van der Waals surface area contributed by atoms with Gasteiger partial charge in [-0.3, -0.25) is 4.79 Å². The Morgan fingerprint density at radius 2 is 1.94 bits per heavy atom. The van der Waals surface area contributed by atoms with E-state index in [0.717, 1.165) is 35.7 Å². The van der Waals surface area contributed by atoms with Gasteiger partial charge in [0.25, 0.3) is 0 Å². The summed E-state index contributed by atoms with van der Waals surface area (Å²) in [5.41, 5.74) is 2.76. The second-order valence-electron chi connectivity index (χ2n) is 7.51. The van der Waals surface area contributed by atoms with E-state index in [0.29, 0.717) is 21.2 Å². The fraction of sp³-hybridized carbons (Fsp3) is 0.217. The molecule has 1 aliphatic carbocycles. The van der Waals surface area contributed by atoms with Gasteiger partial charge in [-0.25, -0.2) is 4.68 Å². The molecule has 0 atom stereocenters. The van der Waals surface area contributed by atoms with Gasteiger partial charge in [0.2, 0.25) is 11.0 Å². The molecule has 5 rings (SSSR count). The molecule has 1 amide bonds. The van der Waals surface area contributed by atoms with E-state index in [4.69, 9.17) is 9.84 Å². The van der Waals surface area contributed by atoms with Crippen molar-refractivity contribution in [2.45, 2.75) is 23.1 Å². The first kappa shape index (κ1) is 21.5. The van der Waals surface area contributed by atoms with Crippen molar-refractivity contribution in [3.05, 3.63) is 66.4 Å². The van der Waals surface area contributed by atoms with Gasteiger partial charge in [0.05, 0.1) is 29.9 Å². The number of nitrogens with one attached hydrogen (secondary N) is 2. The summed E-state index contributed by atoms with van der Waals surface area (Å²) in [6.07, 6.45) is 2.30.